The molecule has 0 radical (unpaired) electrons. The third kappa shape index (κ3) is 4.79. The minimum atomic E-state index is -0.770. The number of aromatic amines is 1. The number of aromatic nitrogens is 1. The molecule has 1 aliphatic rings. The molecule has 0 saturated carbocycles. The molecular weight excluding hydrogens is 358 g/mol. The van der Waals surface area contributed by atoms with Crippen molar-refractivity contribution in [2.24, 2.45) is 5.73 Å². The van der Waals surface area contributed by atoms with Crippen molar-refractivity contribution in [3.8, 4) is 5.75 Å². The van der Waals surface area contributed by atoms with Gasteiger partial charge in [-0.3, -0.25) is 14.4 Å². The number of H-pyrrole nitrogens is 1. The average molecular weight is 383 g/mol. The number of pyridine rings is 1. The molecule has 0 fully saturated rings. The van der Waals surface area contributed by atoms with Crippen molar-refractivity contribution in [1.82, 2.24) is 10.3 Å². The Labute approximate surface area is 163 Å². The topological polar surface area (TPSA) is 114 Å². The van der Waals surface area contributed by atoms with Crippen LogP contribution in [0.25, 0.3) is 0 Å². The molecule has 1 atom stereocenters. The summed E-state index contributed by atoms with van der Waals surface area (Å²) in [6.07, 6.45) is 3.24. The molecule has 1 heterocycles. The SMILES string of the molecule is Cc1cccc(OCCCC(=O)NC2CCCc3[nH]c(=O)c(C(N)=O)cc32)c1. The highest BCUT2D eigenvalue weighted by Crippen LogP contribution is 2.28. The molecule has 0 aliphatic heterocycles. The molecule has 1 aromatic heterocycles. The van der Waals surface area contributed by atoms with Gasteiger partial charge in [0.05, 0.1) is 12.6 Å². The van der Waals surface area contributed by atoms with Crippen molar-refractivity contribution in [2.75, 3.05) is 6.61 Å². The van der Waals surface area contributed by atoms with Gasteiger partial charge in [-0.15, -0.1) is 0 Å². The summed E-state index contributed by atoms with van der Waals surface area (Å²) in [6.45, 7) is 2.45. The first-order valence-electron chi connectivity index (χ1n) is 9.49. The Balaban J connectivity index is 1.56. The molecule has 0 spiro atoms. The Bertz CT molecular complexity index is 935. The fourth-order valence-corrected chi connectivity index (χ4v) is 3.47. The van der Waals surface area contributed by atoms with Crippen molar-refractivity contribution in [1.29, 1.82) is 0 Å². The van der Waals surface area contributed by atoms with E-state index in [1.54, 1.807) is 0 Å². The monoisotopic (exact) mass is 383 g/mol. The fourth-order valence-electron chi connectivity index (χ4n) is 3.47. The van der Waals surface area contributed by atoms with Gasteiger partial charge in [0.25, 0.3) is 11.5 Å². The summed E-state index contributed by atoms with van der Waals surface area (Å²) in [4.78, 5) is 38.4. The lowest BCUT2D eigenvalue weighted by molar-refractivity contribution is -0.122. The summed E-state index contributed by atoms with van der Waals surface area (Å²) in [5, 5.41) is 3.00. The standard InChI is InChI=1S/C21H25N3O4/c1-13-5-2-6-14(11-13)28-10-4-9-19(25)23-17-7-3-8-18-15(17)12-16(20(22)26)21(27)24-18/h2,5-6,11-12,17H,3-4,7-10H2,1H3,(H2,22,26)(H,23,25)(H,24,27). The average Bonchev–Trinajstić information content (AvgIpc) is 2.65. The molecule has 7 heteroatoms. The Morgan fingerprint density at radius 1 is 1.32 bits per heavy atom. The summed E-state index contributed by atoms with van der Waals surface area (Å²) >= 11 is 0. The highest BCUT2D eigenvalue weighted by Gasteiger charge is 2.24. The number of nitrogens with one attached hydrogen (secondary N) is 2. The number of benzene rings is 1. The maximum Gasteiger partial charge on any atom is 0.261 e. The van der Waals surface area contributed by atoms with Crippen molar-refractivity contribution in [3.05, 3.63) is 63.1 Å². The Kier molecular flexibility index (Phi) is 6.13. The first-order valence-corrected chi connectivity index (χ1v) is 9.49. The number of amides is 2. The van der Waals surface area contributed by atoms with Crippen LogP contribution in [0, 0.1) is 6.92 Å². The zero-order chi connectivity index (χ0) is 20.1. The van der Waals surface area contributed by atoms with Crippen molar-refractivity contribution in [3.63, 3.8) is 0 Å². The lowest BCUT2D eigenvalue weighted by Gasteiger charge is -2.26. The first kappa shape index (κ1) is 19.7. The summed E-state index contributed by atoms with van der Waals surface area (Å²) in [7, 11) is 0. The molecule has 28 heavy (non-hydrogen) atoms. The molecule has 3 rings (SSSR count). The third-order valence-electron chi connectivity index (χ3n) is 4.86. The summed E-state index contributed by atoms with van der Waals surface area (Å²) in [5.74, 6) is -0.0601. The van der Waals surface area contributed by atoms with Crippen molar-refractivity contribution in [2.45, 2.75) is 45.1 Å². The van der Waals surface area contributed by atoms with E-state index in [0.717, 1.165) is 35.4 Å². The van der Waals surface area contributed by atoms with E-state index in [4.69, 9.17) is 10.5 Å². The summed E-state index contributed by atoms with van der Waals surface area (Å²) in [6, 6.07) is 9.06. The second-order valence-corrected chi connectivity index (χ2v) is 7.09. The van der Waals surface area contributed by atoms with Gasteiger partial charge in [0.15, 0.2) is 0 Å². The molecule has 2 amide bonds. The normalized spacial score (nSPS) is 15.5. The second kappa shape index (κ2) is 8.73. The van der Waals surface area contributed by atoms with Crippen LogP contribution in [0.3, 0.4) is 0 Å². The maximum absolute atomic E-state index is 12.3. The predicted octanol–water partition coefficient (Wildman–Crippen LogP) is 2.14. The highest BCUT2D eigenvalue weighted by molar-refractivity contribution is 5.92. The van der Waals surface area contributed by atoms with E-state index in [1.807, 2.05) is 31.2 Å². The fraction of sp³-hybridized carbons (Fsp3) is 0.381. The number of ether oxygens (including phenoxy) is 1. The lowest BCUT2D eigenvalue weighted by Crippen LogP contribution is -2.34. The van der Waals surface area contributed by atoms with Crippen LogP contribution in [0.1, 0.15) is 58.9 Å². The molecular formula is C21H25N3O4. The maximum atomic E-state index is 12.3. The number of rotatable bonds is 7. The van der Waals surface area contributed by atoms with E-state index in [1.165, 1.54) is 6.07 Å². The Morgan fingerprint density at radius 2 is 2.14 bits per heavy atom. The quantitative estimate of drug-likeness (QED) is 0.636. The van der Waals surface area contributed by atoms with Crippen LogP contribution < -0.4 is 21.3 Å². The summed E-state index contributed by atoms with van der Waals surface area (Å²) < 4.78 is 5.67. The van der Waals surface area contributed by atoms with Crippen LogP contribution in [0.15, 0.2) is 35.1 Å². The highest BCUT2D eigenvalue weighted by atomic mass is 16.5. The van der Waals surface area contributed by atoms with Crippen LogP contribution in [0.2, 0.25) is 0 Å². The van der Waals surface area contributed by atoms with Gasteiger partial charge in [0.2, 0.25) is 5.91 Å². The smallest absolute Gasteiger partial charge is 0.261 e. The number of hydrogen-bond acceptors (Lipinski definition) is 4. The minimum absolute atomic E-state index is 0.0774. The number of hydrogen-bond donors (Lipinski definition) is 3. The van der Waals surface area contributed by atoms with Gasteiger partial charge in [-0.2, -0.15) is 0 Å². The zero-order valence-corrected chi connectivity index (χ0v) is 15.9. The van der Waals surface area contributed by atoms with Crippen molar-refractivity contribution < 1.29 is 14.3 Å². The van der Waals surface area contributed by atoms with Gasteiger partial charge in [0.1, 0.15) is 11.3 Å². The third-order valence-corrected chi connectivity index (χ3v) is 4.86. The number of aryl methyl sites for hydroxylation is 2. The van der Waals surface area contributed by atoms with Crippen LogP contribution in [0.4, 0.5) is 0 Å². The zero-order valence-electron chi connectivity index (χ0n) is 15.9. The van der Waals surface area contributed by atoms with Crippen molar-refractivity contribution >= 4 is 11.8 Å². The van der Waals surface area contributed by atoms with Crippen LogP contribution >= 0.6 is 0 Å². The molecule has 0 bridgehead atoms. The van der Waals surface area contributed by atoms with E-state index in [9.17, 15) is 14.4 Å². The lowest BCUT2D eigenvalue weighted by atomic mass is 9.90. The second-order valence-electron chi connectivity index (χ2n) is 7.09. The predicted molar refractivity (Wildman–Crippen MR) is 105 cm³/mol. The van der Waals surface area contributed by atoms with E-state index in [0.29, 0.717) is 25.9 Å². The molecule has 1 aromatic carbocycles. The summed E-state index contributed by atoms with van der Waals surface area (Å²) in [5.41, 5.74) is 7.37. The molecule has 0 saturated heterocycles. The van der Waals surface area contributed by atoms with Gasteiger partial charge in [0, 0.05) is 12.1 Å². The molecule has 148 valence electrons. The van der Waals surface area contributed by atoms with Crippen LogP contribution in [0.5, 0.6) is 5.75 Å². The van der Waals surface area contributed by atoms with E-state index >= 15 is 0 Å². The largest absolute Gasteiger partial charge is 0.494 e. The number of fused-ring (bicyclic) bond motifs is 1. The molecule has 2 aromatic rings. The number of primary amides is 1. The minimum Gasteiger partial charge on any atom is -0.494 e. The Morgan fingerprint density at radius 3 is 2.89 bits per heavy atom. The van der Waals surface area contributed by atoms with E-state index < -0.39 is 11.5 Å². The molecule has 4 N–H and O–H groups in total. The molecule has 7 nitrogen and oxygen atoms in total. The van der Waals surface area contributed by atoms with E-state index in [-0.39, 0.29) is 17.5 Å². The van der Waals surface area contributed by atoms with Gasteiger partial charge >= 0.3 is 0 Å². The van der Waals surface area contributed by atoms with Crippen LogP contribution in [-0.4, -0.2) is 23.4 Å². The first-order chi connectivity index (χ1) is 13.4. The molecule has 1 unspecified atom stereocenters. The van der Waals surface area contributed by atoms with Gasteiger partial charge in [-0.05, 0) is 61.9 Å². The van der Waals surface area contributed by atoms with Gasteiger partial charge in [-0.25, -0.2) is 0 Å². The van der Waals surface area contributed by atoms with E-state index in [2.05, 4.69) is 10.3 Å². The number of nitrogens with two attached hydrogens (primary N) is 1. The van der Waals surface area contributed by atoms with Gasteiger partial charge < -0.3 is 20.8 Å². The van der Waals surface area contributed by atoms with Crippen LogP contribution in [-0.2, 0) is 11.2 Å². The van der Waals surface area contributed by atoms with Gasteiger partial charge in [-0.1, -0.05) is 12.1 Å². The molecule has 1 aliphatic carbocycles. The Hall–Kier alpha value is -3.09. The number of carbonyl (C=O) groups is 2. The number of carbonyl (C=O) groups excluding carboxylic acids is 2.